The number of halogens is 1. The molecule has 0 N–H and O–H groups in total. The second kappa shape index (κ2) is 7.87. The van der Waals surface area contributed by atoms with E-state index < -0.39 is 5.41 Å². The molecule has 2 aliphatic rings. The van der Waals surface area contributed by atoms with Gasteiger partial charge in [0.2, 0.25) is 0 Å². The van der Waals surface area contributed by atoms with Crippen LogP contribution in [-0.4, -0.2) is 9.55 Å². The van der Waals surface area contributed by atoms with Crippen LogP contribution in [0.2, 0.25) is 0 Å². The molecule has 0 aliphatic heterocycles. The fourth-order valence-corrected chi connectivity index (χ4v) is 8.25. The van der Waals surface area contributed by atoms with E-state index >= 15 is 0 Å². The average molecular weight is 602 g/mol. The van der Waals surface area contributed by atoms with Gasteiger partial charge in [-0.1, -0.05) is 94.8 Å². The van der Waals surface area contributed by atoms with E-state index in [0.717, 1.165) is 43.1 Å². The number of oxazole rings is 1. The first-order valence-electron chi connectivity index (χ1n) is 14.2. The molecule has 2 aliphatic carbocycles. The van der Waals surface area contributed by atoms with Crippen LogP contribution in [0.4, 0.5) is 0 Å². The predicted octanol–water partition coefficient (Wildman–Crippen LogP) is 10.0. The summed E-state index contributed by atoms with van der Waals surface area (Å²) in [5, 5.41) is 2.26. The van der Waals surface area contributed by atoms with Gasteiger partial charge in [0.05, 0.1) is 21.8 Å². The van der Waals surface area contributed by atoms with Crippen LogP contribution in [-0.2, 0) is 5.41 Å². The van der Waals surface area contributed by atoms with Crippen LogP contribution in [0.5, 0.6) is 0 Å². The molecule has 6 aromatic carbocycles. The number of benzene rings is 6. The molecule has 1 spiro atoms. The van der Waals surface area contributed by atoms with E-state index in [1.807, 2.05) is 0 Å². The van der Waals surface area contributed by atoms with Crippen LogP contribution in [0.25, 0.3) is 60.8 Å². The number of rotatable bonds is 1. The topological polar surface area (TPSA) is 31.0 Å². The molecule has 0 saturated heterocycles. The van der Waals surface area contributed by atoms with E-state index in [0.29, 0.717) is 0 Å². The fraction of sp³-hybridized carbons (Fsp3) is 0.0263. The molecule has 10 rings (SSSR count). The minimum absolute atomic E-state index is 0.408. The smallest absolute Gasteiger partial charge is 0.182 e. The van der Waals surface area contributed by atoms with E-state index in [2.05, 4.69) is 147 Å². The van der Waals surface area contributed by atoms with Gasteiger partial charge < -0.3 is 8.98 Å². The molecular formula is C38H21BrN2O. The van der Waals surface area contributed by atoms with Gasteiger partial charge in [0.1, 0.15) is 5.52 Å². The van der Waals surface area contributed by atoms with Gasteiger partial charge in [-0.15, -0.1) is 0 Å². The number of nitrogens with zero attached hydrogens (tertiary/aromatic N) is 2. The van der Waals surface area contributed by atoms with Gasteiger partial charge in [-0.25, -0.2) is 4.98 Å². The lowest BCUT2D eigenvalue weighted by atomic mass is 9.70. The maximum Gasteiger partial charge on any atom is 0.182 e. The molecule has 0 atom stereocenters. The lowest BCUT2D eigenvalue weighted by molar-refractivity contribution is 0.605. The predicted molar refractivity (Wildman–Crippen MR) is 172 cm³/mol. The standard InChI is InChI=1S/C38H21BrN2O/c39-22-13-15-26-27-16-14-23(41-34-12-6-3-9-28(34)36-35(41)18-17-33-37(36)42-21-40-33)20-32(27)38(31(26)19-22)29-10-4-1-7-24(29)25-8-2-5-11-30(25)38/h1-21H. The summed E-state index contributed by atoms with van der Waals surface area (Å²) in [6, 6.07) is 44.5. The quantitative estimate of drug-likeness (QED) is 0.188. The third kappa shape index (κ3) is 2.60. The van der Waals surface area contributed by atoms with Crippen molar-refractivity contribution < 1.29 is 4.42 Å². The highest BCUT2D eigenvalue weighted by Crippen LogP contribution is 2.63. The normalized spacial score (nSPS) is 14.0. The van der Waals surface area contributed by atoms with E-state index in [1.165, 1.54) is 44.5 Å². The van der Waals surface area contributed by atoms with E-state index in [9.17, 15) is 0 Å². The molecule has 196 valence electrons. The molecule has 0 radical (unpaired) electrons. The molecule has 0 amide bonds. The Balaban J connectivity index is 1.35. The van der Waals surface area contributed by atoms with Crippen molar-refractivity contribution in [3.8, 4) is 27.9 Å². The van der Waals surface area contributed by atoms with Crippen LogP contribution < -0.4 is 0 Å². The zero-order chi connectivity index (χ0) is 27.6. The first-order chi connectivity index (χ1) is 20.7. The van der Waals surface area contributed by atoms with Gasteiger partial charge >= 0.3 is 0 Å². The second-order valence-electron chi connectivity index (χ2n) is 11.3. The molecule has 0 bridgehead atoms. The van der Waals surface area contributed by atoms with Crippen LogP contribution in [0, 0.1) is 0 Å². The SMILES string of the molecule is Brc1ccc2c(c1)C1(c3ccccc3-c3ccccc31)c1cc(-n3c4ccccc4c4c5ocnc5ccc43)ccc1-2. The summed E-state index contributed by atoms with van der Waals surface area (Å²) in [5.74, 6) is 0. The molecule has 2 aromatic heterocycles. The molecular weight excluding hydrogens is 580 g/mol. The van der Waals surface area contributed by atoms with Crippen molar-refractivity contribution >= 4 is 48.8 Å². The summed E-state index contributed by atoms with van der Waals surface area (Å²) in [6.07, 6.45) is 1.54. The third-order valence-electron chi connectivity index (χ3n) is 9.43. The van der Waals surface area contributed by atoms with Crippen molar-refractivity contribution in [3.63, 3.8) is 0 Å². The van der Waals surface area contributed by atoms with Crippen molar-refractivity contribution in [1.82, 2.24) is 9.55 Å². The van der Waals surface area contributed by atoms with Crippen LogP contribution in [0.15, 0.2) is 137 Å². The number of fused-ring (bicyclic) bond motifs is 15. The van der Waals surface area contributed by atoms with Crippen LogP contribution in [0.1, 0.15) is 22.3 Å². The summed E-state index contributed by atoms with van der Waals surface area (Å²) < 4.78 is 9.41. The van der Waals surface area contributed by atoms with E-state index in [4.69, 9.17) is 4.42 Å². The summed E-state index contributed by atoms with van der Waals surface area (Å²) in [4.78, 5) is 4.45. The zero-order valence-electron chi connectivity index (χ0n) is 22.3. The third-order valence-corrected chi connectivity index (χ3v) is 9.92. The maximum atomic E-state index is 5.94. The number of hydrogen-bond donors (Lipinski definition) is 0. The van der Waals surface area contributed by atoms with Gasteiger partial charge in [0, 0.05) is 15.5 Å². The van der Waals surface area contributed by atoms with Crippen molar-refractivity contribution in [2.75, 3.05) is 0 Å². The number of para-hydroxylation sites is 1. The van der Waals surface area contributed by atoms with Crippen molar-refractivity contribution in [2.45, 2.75) is 5.41 Å². The first-order valence-corrected chi connectivity index (χ1v) is 14.9. The van der Waals surface area contributed by atoms with Crippen molar-refractivity contribution in [1.29, 1.82) is 0 Å². The summed E-state index contributed by atoms with van der Waals surface area (Å²) in [5.41, 5.74) is 15.2. The second-order valence-corrected chi connectivity index (χ2v) is 12.2. The Morgan fingerprint density at radius 3 is 2.07 bits per heavy atom. The highest BCUT2D eigenvalue weighted by molar-refractivity contribution is 9.10. The molecule has 0 saturated carbocycles. The molecule has 0 fully saturated rings. The van der Waals surface area contributed by atoms with Crippen molar-refractivity contribution in [2.24, 2.45) is 0 Å². The Bertz CT molecular complexity index is 2400. The van der Waals surface area contributed by atoms with E-state index in [-0.39, 0.29) is 0 Å². The monoisotopic (exact) mass is 600 g/mol. The highest BCUT2D eigenvalue weighted by atomic mass is 79.9. The Labute approximate surface area is 249 Å². The van der Waals surface area contributed by atoms with Crippen LogP contribution >= 0.6 is 15.9 Å². The fourth-order valence-electron chi connectivity index (χ4n) is 7.89. The molecule has 8 aromatic rings. The zero-order valence-corrected chi connectivity index (χ0v) is 23.9. The van der Waals surface area contributed by atoms with Gasteiger partial charge in [0.25, 0.3) is 0 Å². The van der Waals surface area contributed by atoms with Gasteiger partial charge in [-0.3, -0.25) is 0 Å². The minimum Gasteiger partial charge on any atom is -0.443 e. The Kier molecular flexibility index (Phi) is 4.26. The molecule has 3 nitrogen and oxygen atoms in total. The molecule has 42 heavy (non-hydrogen) atoms. The average Bonchev–Trinajstić information content (AvgIpc) is 3.77. The Morgan fingerprint density at radius 1 is 0.595 bits per heavy atom. The molecule has 0 unspecified atom stereocenters. The largest absolute Gasteiger partial charge is 0.443 e. The lowest BCUT2D eigenvalue weighted by Crippen LogP contribution is -2.26. The highest BCUT2D eigenvalue weighted by Gasteiger charge is 2.51. The Hall–Kier alpha value is -4.93. The number of hydrogen-bond acceptors (Lipinski definition) is 2. The molecule has 2 heterocycles. The van der Waals surface area contributed by atoms with Gasteiger partial charge in [-0.05, 0) is 87.0 Å². The van der Waals surface area contributed by atoms with Crippen molar-refractivity contribution in [3.05, 3.63) is 154 Å². The first kappa shape index (κ1) is 22.7. The van der Waals surface area contributed by atoms with E-state index in [1.54, 1.807) is 6.39 Å². The van der Waals surface area contributed by atoms with Gasteiger partial charge in [0.15, 0.2) is 12.0 Å². The van der Waals surface area contributed by atoms with Crippen LogP contribution in [0.3, 0.4) is 0 Å². The Morgan fingerprint density at radius 2 is 1.26 bits per heavy atom. The lowest BCUT2D eigenvalue weighted by Gasteiger charge is -2.31. The number of aromatic nitrogens is 2. The maximum absolute atomic E-state index is 5.94. The summed E-state index contributed by atoms with van der Waals surface area (Å²) in [6.45, 7) is 0. The summed E-state index contributed by atoms with van der Waals surface area (Å²) in [7, 11) is 0. The minimum atomic E-state index is -0.408. The molecule has 4 heteroatoms. The van der Waals surface area contributed by atoms with Gasteiger partial charge in [-0.2, -0.15) is 0 Å². The summed E-state index contributed by atoms with van der Waals surface area (Å²) >= 11 is 3.82.